The quantitative estimate of drug-likeness (QED) is 0.780. The molecule has 5 nitrogen and oxygen atoms in total. The maximum Gasteiger partial charge on any atom is 0.308 e. The summed E-state index contributed by atoms with van der Waals surface area (Å²) in [6.45, 7) is 5.47. The third kappa shape index (κ3) is 3.92. The Hall–Kier alpha value is -1.65. The predicted molar refractivity (Wildman–Crippen MR) is 73.2 cm³/mol. The minimum absolute atomic E-state index is 0.243. The van der Waals surface area contributed by atoms with Crippen LogP contribution in [0.15, 0.2) is 11.6 Å². The van der Waals surface area contributed by atoms with Crippen LogP contribution in [0.5, 0.6) is 0 Å². The summed E-state index contributed by atoms with van der Waals surface area (Å²) in [5.74, 6) is -5.14. The number of carboxylic acids is 2. The molecule has 3 atom stereocenters. The first-order valence-corrected chi connectivity index (χ1v) is 6.93. The van der Waals surface area contributed by atoms with Gasteiger partial charge in [0.2, 0.25) is 0 Å². The lowest BCUT2D eigenvalue weighted by molar-refractivity contribution is -0.156. The molecular weight excluding hydrogens is 260 g/mol. The highest BCUT2D eigenvalue weighted by atomic mass is 16.4. The third-order valence-corrected chi connectivity index (χ3v) is 3.81. The van der Waals surface area contributed by atoms with Crippen molar-refractivity contribution in [2.75, 3.05) is 0 Å². The largest absolute Gasteiger partial charge is 0.481 e. The van der Waals surface area contributed by atoms with Gasteiger partial charge in [0, 0.05) is 5.92 Å². The number of aliphatic carboxylic acids is 2. The molecule has 3 unspecified atom stereocenters. The molecule has 1 rings (SSSR count). The summed E-state index contributed by atoms with van der Waals surface area (Å²) in [4.78, 5) is 34.5. The van der Waals surface area contributed by atoms with Gasteiger partial charge in [-0.05, 0) is 31.3 Å². The fourth-order valence-electron chi connectivity index (χ4n) is 2.79. The first-order chi connectivity index (χ1) is 9.23. The zero-order valence-corrected chi connectivity index (χ0v) is 12.1. The van der Waals surface area contributed by atoms with E-state index in [1.807, 2.05) is 0 Å². The van der Waals surface area contributed by atoms with Gasteiger partial charge in [-0.15, -0.1) is 0 Å². The van der Waals surface area contributed by atoms with Gasteiger partial charge in [-0.25, -0.2) is 0 Å². The minimum atomic E-state index is -1.21. The van der Waals surface area contributed by atoms with Crippen LogP contribution in [0.2, 0.25) is 0 Å². The van der Waals surface area contributed by atoms with Crippen molar-refractivity contribution < 1.29 is 24.6 Å². The summed E-state index contributed by atoms with van der Waals surface area (Å²) < 4.78 is 0. The van der Waals surface area contributed by atoms with E-state index >= 15 is 0 Å². The zero-order chi connectivity index (χ0) is 15.4. The molecule has 0 amide bonds. The number of hydrogen-bond acceptors (Lipinski definition) is 3. The molecule has 0 fully saturated rings. The Morgan fingerprint density at radius 3 is 2.25 bits per heavy atom. The molecule has 0 aromatic heterocycles. The van der Waals surface area contributed by atoms with Crippen LogP contribution < -0.4 is 0 Å². The van der Waals surface area contributed by atoms with Crippen LogP contribution >= 0.6 is 0 Å². The lowest BCUT2D eigenvalue weighted by Gasteiger charge is -2.28. The van der Waals surface area contributed by atoms with E-state index in [0.717, 1.165) is 12.0 Å². The van der Waals surface area contributed by atoms with Crippen LogP contribution in [-0.4, -0.2) is 27.9 Å². The van der Waals surface area contributed by atoms with E-state index in [1.165, 1.54) is 13.0 Å². The number of hydrogen-bond donors (Lipinski definition) is 2. The second-order valence-electron chi connectivity index (χ2n) is 5.94. The monoisotopic (exact) mass is 282 g/mol. The normalized spacial score (nSPS) is 22.3. The van der Waals surface area contributed by atoms with Crippen molar-refractivity contribution in [1.29, 1.82) is 0 Å². The van der Waals surface area contributed by atoms with E-state index in [0.29, 0.717) is 18.8 Å². The van der Waals surface area contributed by atoms with Crippen LogP contribution in [-0.2, 0) is 14.4 Å². The Balaban J connectivity index is 2.91. The molecule has 0 aliphatic heterocycles. The van der Waals surface area contributed by atoms with E-state index < -0.39 is 29.7 Å². The number of ketones is 1. The van der Waals surface area contributed by atoms with Gasteiger partial charge in [0.1, 0.15) is 0 Å². The van der Waals surface area contributed by atoms with Gasteiger partial charge in [0.05, 0.1) is 11.8 Å². The average Bonchev–Trinajstić information content (AvgIpc) is 2.30. The van der Waals surface area contributed by atoms with Crippen LogP contribution in [0.1, 0.15) is 40.0 Å². The Morgan fingerprint density at radius 2 is 1.85 bits per heavy atom. The van der Waals surface area contributed by atoms with Crippen LogP contribution in [0.3, 0.4) is 0 Å². The number of carbonyl (C=O) groups is 3. The van der Waals surface area contributed by atoms with E-state index in [9.17, 15) is 19.5 Å². The molecule has 5 heteroatoms. The highest BCUT2D eigenvalue weighted by molar-refractivity contribution is 5.97. The van der Waals surface area contributed by atoms with Crippen molar-refractivity contribution in [3.05, 3.63) is 11.6 Å². The van der Waals surface area contributed by atoms with Crippen molar-refractivity contribution >= 4 is 17.7 Å². The molecule has 0 bridgehead atoms. The van der Waals surface area contributed by atoms with E-state index in [-0.39, 0.29) is 5.78 Å². The van der Waals surface area contributed by atoms with Gasteiger partial charge in [-0.2, -0.15) is 0 Å². The number of carbonyl (C=O) groups excluding carboxylic acids is 1. The summed E-state index contributed by atoms with van der Waals surface area (Å²) in [6.07, 6.45) is 3.44. The second-order valence-corrected chi connectivity index (χ2v) is 5.94. The lowest BCUT2D eigenvalue weighted by Crippen LogP contribution is -2.38. The predicted octanol–water partition coefficient (Wildman–Crippen LogP) is 2.36. The van der Waals surface area contributed by atoms with Crippen LogP contribution in [0, 0.1) is 23.7 Å². The summed E-state index contributed by atoms with van der Waals surface area (Å²) >= 11 is 0. The van der Waals surface area contributed by atoms with Gasteiger partial charge < -0.3 is 10.2 Å². The van der Waals surface area contributed by atoms with Gasteiger partial charge in [-0.3, -0.25) is 14.4 Å². The van der Waals surface area contributed by atoms with Gasteiger partial charge in [0.25, 0.3) is 0 Å². The maximum absolute atomic E-state index is 12.1. The van der Waals surface area contributed by atoms with Crippen LogP contribution in [0.4, 0.5) is 0 Å². The molecule has 0 saturated heterocycles. The van der Waals surface area contributed by atoms with E-state index in [4.69, 9.17) is 5.11 Å². The van der Waals surface area contributed by atoms with Gasteiger partial charge >= 0.3 is 11.9 Å². The first kappa shape index (κ1) is 16.4. The maximum atomic E-state index is 12.1. The topological polar surface area (TPSA) is 91.7 Å². The fraction of sp³-hybridized carbons (Fsp3) is 0.667. The molecule has 0 aromatic carbocycles. The molecule has 112 valence electrons. The van der Waals surface area contributed by atoms with Gasteiger partial charge in [-0.1, -0.05) is 26.3 Å². The molecule has 20 heavy (non-hydrogen) atoms. The average molecular weight is 282 g/mol. The summed E-state index contributed by atoms with van der Waals surface area (Å²) in [7, 11) is 0. The zero-order valence-electron chi connectivity index (χ0n) is 12.1. The van der Waals surface area contributed by atoms with Gasteiger partial charge in [0.15, 0.2) is 5.78 Å². The summed E-state index contributed by atoms with van der Waals surface area (Å²) in [5.41, 5.74) is 1.04. The Morgan fingerprint density at radius 1 is 1.25 bits per heavy atom. The Kier molecular flexibility index (Phi) is 5.48. The van der Waals surface area contributed by atoms with Crippen molar-refractivity contribution in [2.24, 2.45) is 23.7 Å². The molecule has 0 saturated carbocycles. The molecule has 0 spiro atoms. The molecule has 1 aliphatic carbocycles. The molecule has 2 N–H and O–H groups in total. The number of allylic oxidation sites excluding steroid dienone is 2. The standard InChI is InChI=1S/C15H22O5/c1-8(2)6-10-4-5-11(12(16)7-10)13(15(19)20)9(3)14(17)18/h7-9,11,13H,4-6H2,1-3H3,(H,17,18)(H,19,20). The minimum Gasteiger partial charge on any atom is -0.481 e. The fourth-order valence-corrected chi connectivity index (χ4v) is 2.79. The van der Waals surface area contributed by atoms with Crippen molar-refractivity contribution in [1.82, 2.24) is 0 Å². The summed E-state index contributed by atoms with van der Waals surface area (Å²) in [6, 6.07) is 0. The molecule has 1 aliphatic rings. The van der Waals surface area contributed by atoms with E-state index in [2.05, 4.69) is 13.8 Å². The smallest absolute Gasteiger partial charge is 0.308 e. The molecule has 0 aromatic rings. The van der Waals surface area contributed by atoms with E-state index in [1.54, 1.807) is 0 Å². The number of rotatable bonds is 6. The second kappa shape index (κ2) is 6.68. The van der Waals surface area contributed by atoms with Crippen molar-refractivity contribution in [2.45, 2.75) is 40.0 Å². The highest BCUT2D eigenvalue weighted by Gasteiger charge is 2.41. The Labute approximate surface area is 118 Å². The lowest BCUT2D eigenvalue weighted by atomic mass is 9.73. The SMILES string of the molecule is CC(C)CC1=CC(=O)C(C(C(=O)O)C(C)C(=O)O)CC1. The molecule has 0 heterocycles. The molecular formula is C15H22O5. The molecule has 0 radical (unpaired) electrons. The summed E-state index contributed by atoms with van der Waals surface area (Å²) in [5, 5.41) is 18.2. The van der Waals surface area contributed by atoms with Crippen molar-refractivity contribution in [3.8, 4) is 0 Å². The van der Waals surface area contributed by atoms with Crippen LogP contribution in [0.25, 0.3) is 0 Å². The number of carboxylic acid groups (broad SMARTS) is 2. The highest BCUT2D eigenvalue weighted by Crippen LogP contribution is 2.33. The Bertz CT molecular complexity index is 436. The first-order valence-electron chi connectivity index (χ1n) is 6.93. The third-order valence-electron chi connectivity index (χ3n) is 3.81. The van der Waals surface area contributed by atoms with Crippen molar-refractivity contribution in [3.63, 3.8) is 0 Å².